The molecular weight excluding hydrogens is 492 g/mol. The van der Waals surface area contributed by atoms with Gasteiger partial charge in [-0.15, -0.1) is 0 Å². The Hall–Kier alpha value is -2.75. The molecule has 2 N–H and O–H groups in total. The summed E-state index contributed by atoms with van der Waals surface area (Å²) in [6, 6.07) is 15.1. The topological polar surface area (TPSA) is 85.3 Å². The second-order valence-electron chi connectivity index (χ2n) is 8.80. The number of allylic oxidation sites excluding steroid dienone is 3. The minimum absolute atomic E-state index is 0.0328. The number of benzene rings is 2. The number of rotatable bonds is 4. The van der Waals surface area contributed by atoms with Crippen LogP contribution in [0.15, 0.2) is 69.7 Å². The first-order chi connectivity index (χ1) is 15.2. The first-order valence-corrected chi connectivity index (χ1v) is 11.4. The van der Waals surface area contributed by atoms with Crippen LogP contribution in [0.1, 0.15) is 43.7 Å². The van der Waals surface area contributed by atoms with Crippen molar-refractivity contribution >= 4 is 33.3 Å². The zero-order chi connectivity index (χ0) is 23.0. The number of carbonyl (C=O) groups is 1. The third-order valence-electron chi connectivity index (χ3n) is 5.67. The maximum atomic E-state index is 13.2. The molecule has 0 spiro atoms. The summed E-state index contributed by atoms with van der Waals surface area (Å²) in [5, 5.41) is 10.6. The molecule has 32 heavy (non-hydrogen) atoms. The summed E-state index contributed by atoms with van der Waals surface area (Å²) in [4.78, 5) is 13.2. The lowest BCUT2D eigenvalue weighted by molar-refractivity contribution is -0.119. The fraction of sp³-hybridized carbons (Fsp3) is 0.280. The second kappa shape index (κ2) is 8.65. The molecule has 0 aromatic heterocycles. The van der Waals surface area contributed by atoms with Crippen molar-refractivity contribution in [1.82, 2.24) is 0 Å². The van der Waals surface area contributed by atoms with E-state index in [1.165, 1.54) is 0 Å². The summed E-state index contributed by atoms with van der Waals surface area (Å²) in [6.07, 6.45) is 0.943. The highest BCUT2D eigenvalue weighted by Crippen LogP contribution is 2.49. The Morgan fingerprint density at radius 2 is 1.97 bits per heavy atom. The minimum Gasteiger partial charge on any atom is -0.489 e. The third kappa shape index (κ3) is 4.41. The van der Waals surface area contributed by atoms with Crippen LogP contribution in [0.5, 0.6) is 5.75 Å². The van der Waals surface area contributed by atoms with Crippen molar-refractivity contribution < 1.29 is 14.3 Å². The van der Waals surface area contributed by atoms with Crippen LogP contribution >= 0.6 is 27.5 Å². The lowest BCUT2D eigenvalue weighted by Gasteiger charge is -2.37. The molecule has 1 aliphatic carbocycles. The highest BCUT2D eigenvalue weighted by Gasteiger charge is 2.43. The van der Waals surface area contributed by atoms with Gasteiger partial charge in [0, 0.05) is 33.5 Å². The molecule has 0 saturated heterocycles. The maximum absolute atomic E-state index is 13.2. The van der Waals surface area contributed by atoms with Gasteiger partial charge < -0.3 is 15.2 Å². The van der Waals surface area contributed by atoms with Gasteiger partial charge in [0.15, 0.2) is 5.78 Å². The smallest absolute Gasteiger partial charge is 0.205 e. The summed E-state index contributed by atoms with van der Waals surface area (Å²) in [5.74, 6) is 0.456. The highest BCUT2D eigenvalue weighted by molar-refractivity contribution is 9.10. The predicted octanol–water partition coefficient (Wildman–Crippen LogP) is 6.13. The van der Waals surface area contributed by atoms with Gasteiger partial charge in [0.2, 0.25) is 5.88 Å². The fourth-order valence-corrected chi connectivity index (χ4v) is 4.72. The SMILES string of the molecule is CC1(C)CC(=O)C2=C(C1)OC(N)=C(C#N)[C@H]2c1cc(Br)ccc1OCc1ccc(Cl)cc1. The van der Waals surface area contributed by atoms with Gasteiger partial charge in [-0.2, -0.15) is 5.26 Å². The molecule has 0 saturated carbocycles. The van der Waals surface area contributed by atoms with Crippen molar-refractivity contribution in [2.45, 2.75) is 39.2 Å². The molecule has 4 rings (SSSR count). The summed E-state index contributed by atoms with van der Waals surface area (Å²) >= 11 is 9.49. The number of hydrogen-bond donors (Lipinski definition) is 1. The number of ether oxygens (including phenoxy) is 2. The lowest BCUT2D eigenvalue weighted by Crippen LogP contribution is -2.33. The maximum Gasteiger partial charge on any atom is 0.205 e. The third-order valence-corrected chi connectivity index (χ3v) is 6.41. The molecule has 164 valence electrons. The summed E-state index contributed by atoms with van der Waals surface area (Å²) in [6.45, 7) is 4.35. The van der Waals surface area contributed by atoms with Gasteiger partial charge in [0.1, 0.15) is 29.8 Å². The number of carbonyl (C=O) groups excluding carboxylic acids is 1. The molecule has 5 nitrogen and oxygen atoms in total. The van der Waals surface area contributed by atoms with Crippen LogP contribution in [0.25, 0.3) is 0 Å². The van der Waals surface area contributed by atoms with Gasteiger partial charge in [0.05, 0.1) is 5.92 Å². The van der Waals surface area contributed by atoms with Crippen LogP contribution in [0.4, 0.5) is 0 Å². The molecule has 1 atom stereocenters. The molecule has 7 heteroatoms. The number of Topliss-reactive ketones (excluding diaryl/α,β-unsaturated/α-hetero) is 1. The minimum atomic E-state index is -0.648. The van der Waals surface area contributed by atoms with Crippen molar-refractivity contribution in [2.75, 3.05) is 0 Å². The molecule has 2 aromatic carbocycles. The Labute approximate surface area is 200 Å². The van der Waals surface area contributed by atoms with Crippen molar-refractivity contribution in [3.05, 3.63) is 85.9 Å². The van der Waals surface area contributed by atoms with E-state index in [1.807, 2.05) is 44.2 Å². The fourth-order valence-electron chi connectivity index (χ4n) is 4.21. The van der Waals surface area contributed by atoms with Gasteiger partial charge in [-0.1, -0.05) is 53.5 Å². The Bertz CT molecular complexity index is 1190. The van der Waals surface area contributed by atoms with E-state index in [0.717, 1.165) is 10.0 Å². The zero-order valence-electron chi connectivity index (χ0n) is 17.7. The summed E-state index contributed by atoms with van der Waals surface area (Å²) in [5.41, 5.74) is 8.25. The Balaban J connectivity index is 1.79. The zero-order valence-corrected chi connectivity index (χ0v) is 20.1. The van der Waals surface area contributed by atoms with E-state index in [-0.39, 0.29) is 22.7 Å². The predicted molar refractivity (Wildman–Crippen MR) is 126 cm³/mol. The van der Waals surface area contributed by atoms with E-state index < -0.39 is 5.92 Å². The first kappa shape index (κ1) is 22.4. The molecule has 0 unspecified atom stereocenters. The molecule has 0 radical (unpaired) electrons. The van der Waals surface area contributed by atoms with Crippen molar-refractivity contribution in [3.8, 4) is 11.8 Å². The monoisotopic (exact) mass is 512 g/mol. The van der Waals surface area contributed by atoms with E-state index in [4.69, 9.17) is 26.8 Å². The van der Waals surface area contributed by atoms with Gasteiger partial charge >= 0.3 is 0 Å². The number of nitrogens with zero attached hydrogens (tertiary/aromatic N) is 1. The van der Waals surface area contributed by atoms with Crippen LogP contribution in [-0.4, -0.2) is 5.78 Å². The average Bonchev–Trinajstić information content (AvgIpc) is 2.72. The first-order valence-electron chi connectivity index (χ1n) is 10.2. The van der Waals surface area contributed by atoms with E-state index in [0.29, 0.717) is 47.1 Å². The number of ketones is 1. The van der Waals surface area contributed by atoms with Gasteiger partial charge in [-0.05, 0) is 41.3 Å². The number of nitrogens with two attached hydrogens (primary N) is 1. The molecule has 1 heterocycles. The number of hydrogen-bond acceptors (Lipinski definition) is 5. The van der Waals surface area contributed by atoms with Crippen molar-refractivity contribution in [1.29, 1.82) is 5.26 Å². The van der Waals surface area contributed by atoms with Crippen LogP contribution < -0.4 is 10.5 Å². The second-order valence-corrected chi connectivity index (χ2v) is 10.2. The molecule has 0 fully saturated rings. The molecule has 0 amide bonds. The molecule has 0 bridgehead atoms. The molecule has 1 aliphatic heterocycles. The summed E-state index contributed by atoms with van der Waals surface area (Å²) < 4.78 is 12.7. The van der Waals surface area contributed by atoms with E-state index in [1.54, 1.807) is 12.1 Å². The number of nitriles is 1. The van der Waals surface area contributed by atoms with Crippen LogP contribution in [-0.2, 0) is 16.1 Å². The van der Waals surface area contributed by atoms with Crippen molar-refractivity contribution in [2.24, 2.45) is 11.1 Å². The summed E-state index contributed by atoms with van der Waals surface area (Å²) in [7, 11) is 0. The lowest BCUT2D eigenvalue weighted by atomic mass is 9.70. The van der Waals surface area contributed by atoms with E-state index in [2.05, 4.69) is 22.0 Å². The number of halogens is 2. The van der Waals surface area contributed by atoms with Gasteiger partial charge in [-0.25, -0.2) is 0 Å². The van der Waals surface area contributed by atoms with Crippen LogP contribution in [0, 0.1) is 16.7 Å². The largest absolute Gasteiger partial charge is 0.489 e. The quantitative estimate of drug-likeness (QED) is 0.531. The standard InChI is InChI=1S/C25H22BrClN2O3/c1-25(2)10-19(30)23-21(11-25)32-24(29)18(12-28)22(23)17-9-15(26)5-8-20(17)31-13-14-3-6-16(27)7-4-14/h3-9,22H,10-11,13,29H2,1-2H3/t22-/m1/s1. The van der Waals surface area contributed by atoms with Crippen LogP contribution in [0.3, 0.4) is 0 Å². The Kier molecular flexibility index (Phi) is 6.07. The Morgan fingerprint density at radius 1 is 1.25 bits per heavy atom. The van der Waals surface area contributed by atoms with E-state index >= 15 is 0 Å². The normalized spacial score (nSPS) is 19.8. The average molecular weight is 514 g/mol. The van der Waals surface area contributed by atoms with Crippen molar-refractivity contribution in [3.63, 3.8) is 0 Å². The van der Waals surface area contributed by atoms with Gasteiger partial charge in [-0.3, -0.25) is 4.79 Å². The van der Waals surface area contributed by atoms with E-state index in [9.17, 15) is 10.1 Å². The highest BCUT2D eigenvalue weighted by atomic mass is 79.9. The van der Waals surface area contributed by atoms with Gasteiger partial charge in [0.25, 0.3) is 0 Å². The molecule has 2 aliphatic rings. The molecular formula is C25H22BrClN2O3. The van der Waals surface area contributed by atoms with Crippen LogP contribution in [0.2, 0.25) is 5.02 Å². The molecule has 2 aromatic rings. The Morgan fingerprint density at radius 3 is 2.66 bits per heavy atom.